The monoisotopic (exact) mass is 420 g/mol. The number of halogens is 3. The largest absolute Gasteiger partial charge is 0.421 e. The van der Waals surface area contributed by atoms with E-state index in [0.717, 1.165) is 30.5 Å². The van der Waals surface area contributed by atoms with E-state index < -0.39 is 17.7 Å². The number of carbonyl (C=O) groups excluding carboxylic acids is 2. The van der Waals surface area contributed by atoms with Crippen molar-refractivity contribution in [2.45, 2.75) is 50.6 Å². The van der Waals surface area contributed by atoms with Crippen LogP contribution >= 0.6 is 0 Å². The highest BCUT2D eigenvalue weighted by Gasteiger charge is 2.51. The Hall–Kier alpha value is -2.87. The molecule has 2 amide bonds. The number of nitrogens with zero attached hydrogens (tertiary/aromatic N) is 1. The van der Waals surface area contributed by atoms with Gasteiger partial charge in [-0.15, -0.1) is 0 Å². The molecule has 5 nitrogen and oxygen atoms in total. The van der Waals surface area contributed by atoms with Gasteiger partial charge in [0.1, 0.15) is 0 Å². The van der Waals surface area contributed by atoms with Crippen molar-refractivity contribution in [1.82, 2.24) is 4.90 Å². The summed E-state index contributed by atoms with van der Waals surface area (Å²) >= 11 is 0. The van der Waals surface area contributed by atoms with Crippen LogP contribution in [0.2, 0.25) is 0 Å². The lowest BCUT2D eigenvalue weighted by atomic mass is 9.94. The van der Waals surface area contributed by atoms with E-state index in [1.165, 1.54) is 12.1 Å². The lowest BCUT2D eigenvalue weighted by molar-refractivity contribution is -0.258. The quantitative estimate of drug-likeness (QED) is 0.743. The first-order chi connectivity index (χ1) is 13.9. The molecule has 30 heavy (non-hydrogen) atoms. The van der Waals surface area contributed by atoms with E-state index in [0.29, 0.717) is 12.5 Å². The summed E-state index contributed by atoms with van der Waals surface area (Å²) in [6, 6.07) is 11.2. The number of primary amides is 1. The molecule has 0 saturated heterocycles. The predicted molar refractivity (Wildman–Crippen MR) is 105 cm³/mol. The molecule has 8 heteroatoms. The van der Waals surface area contributed by atoms with Gasteiger partial charge in [-0.3, -0.25) is 9.59 Å². The van der Waals surface area contributed by atoms with Gasteiger partial charge in [0, 0.05) is 17.2 Å². The van der Waals surface area contributed by atoms with Crippen LogP contribution in [0.4, 0.5) is 13.2 Å². The standard InChI is InChI=1S/C22H23F3N2O3/c1-13(14-3-5-15(6-4-14)19(26)28)27(18-11-12-18)20(29)16-7-9-17(10-8-16)21(2,30)22(23,24)25/h3-10,13,18,30H,11-12H2,1-2H3,(H2,26,28)/t13-,21+/m1/s1. The highest BCUT2D eigenvalue weighted by molar-refractivity contribution is 5.95. The number of benzene rings is 2. The third-order valence-corrected chi connectivity index (χ3v) is 5.52. The van der Waals surface area contributed by atoms with Crippen molar-refractivity contribution >= 4 is 11.8 Å². The molecule has 2 aromatic carbocycles. The van der Waals surface area contributed by atoms with Gasteiger partial charge in [-0.2, -0.15) is 13.2 Å². The van der Waals surface area contributed by atoms with Gasteiger partial charge in [-0.05, 0) is 62.1 Å². The zero-order valence-corrected chi connectivity index (χ0v) is 16.6. The zero-order chi connectivity index (χ0) is 22.3. The molecule has 0 aromatic heterocycles. The maximum Gasteiger partial charge on any atom is 0.421 e. The molecule has 1 aliphatic carbocycles. The minimum absolute atomic E-state index is 0.0428. The highest BCUT2D eigenvalue weighted by atomic mass is 19.4. The van der Waals surface area contributed by atoms with E-state index in [2.05, 4.69) is 0 Å². The molecule has 0 bridgehead atoms. The fourth-order valence-corrected chi connectivity index (χ4v) is 3.35. The normalized spacial score (nSPS) is 17.1. The lowest BCUT2D eigenvalue weighted by Gasteiger charge is -2.30. The van der Waals surface area contributed by atoms with Gasteiger partial charge in [-0.25, -0.2) is 0 Å². The fraction of sp³-hybridized carbons (Fsp3) is 0.364. The second kappa shape index (κ2) is 7.75. The number of carbonyl (C=O) groups is 2. The van der Waals surface area contributed by atoms with Crippen LogP contribution < -0.4 is 5.73 Å². The second-order valence-corrected chi connectivity index (χ2v) is 7.75. The van der Waals surface area contributed by atoms with E-state index in [9.17, 15) is 27.9 Å². The van der Waals surface area contributed by atoms with Gasteiger partial charge in [0.2, 0.25) is 5.91 Å². The van der Waals surface area contributed by atoms with Crippen molar-refractivity contribution in [2.24, 2.45) is 5.73 Å². The Morgan fingerprint density at radius 1 is 1.03 bits per heavy atom. The SMILES string of the molecule is C[C@H](c1ccc(C(N)=O)cc1)N(C(=O)c1ccc([C@](C)(O)C(F)(F)F)cc1)C1CC1. The number of amides is 2. The Labute approximate surface area is 172 Å². The van der Waals surface area contributed by atoms with E-state index in [4.69, 9.17) is 5.73 Å². The minimum Gasteiger partial charge on any atom is -0.376 e. The summed E-state index contributed by atoms with van der Waals surface area (Å²) in [7, 11) is 0. The van der Waals surface area contributed by atoms with Gasteiger partial charge >= 0.3 is 6.18 Å². The van der Waals surface area contributed by atoms with Crippen LogP contribution in [0.1, 0.15) is 64.6 Å². The van der Waals surface area contributed by atoms with E-state index in [1.54, 1.807) is 29.2 Å². The molecular weight excluding hydrogens is 397 g/mol. The zero-order valence-electron chi connectivity index (χ0n) is 16.6. The molecule has 0 unspecified atom stereocenters. The molecule has 1 saturated carbocycles. The molecule has 0 radical (unpaired) electrons. The maximum atomic E-state index is 13.1. The van der Waals surface area contributed by atoms with Crippen molar-refractivity contribution in [1.29, 1.82) is 0 Å². The Bertz CT molecular complexity index is 934. The Morgan fingerprint density at radius 3 is 1.97 bits per heavy atom. The Morgan fingerprint density at radius 2 is 1.53 bits per heavy atom. The molecule has 160 valence electrons. The summed E-state index contributed by atoms with van der Waals surface area (Å²) in [6.07, 6.45) is -3.14. The maximum absolute atomic E-state index is 13.1. The van der Waals surface area contributed by atoms with Crippen molar-refractivity contribution in [3.63, 3.8) is 0 Å². The molecule has 3 rings (SSSR count). The van der Waals surface area contributed by atoms with Crippen LogP contribution in [-0.2, 0) is 5.60 Å². The number of hydrogen-bond acceptors (Lipinski definition) is 3. The van der Waals surface area contributed by atoms with Crippen LogP contribution in [0, 0.1) is 0 Å². The van der Waals surface area contributed by atoms with E-state index in [1.807, 2.05) is 6.92 Å². The van der Waals surface area contributed by atoms with Gasteiger partial charge in [0.25, 0.3) is 5.91 Å². The van der Waals surface area contributed by atoms with Crippen LogP contribution in [0.3, 0.4) is 0 Å². The molecule has 1 aliphatic rings. The average Bonchev–Trinajstić information content (AvgIpc) is 3.52. The first-order valence-electron chi connectivity index (χ1n) is 9.55. The van der Waals surface area contributed by atoms with Crippen LogP contribution in [-0.4, -0.2) is 34.0 Å². The molecule has 0 spiro atoms. The number of nitrogens with two attached hydrogens (primary N) is 1. The van der Waals surface area contributed by atoms with E-state index in [-0.39, 0.29) is 29.1 Å². The fourth-order valence-electron chi connectivity index (χ4n) is 3.35. The Kier molecular flexibility index (Phi) is 5.64. The summed E-state index contributed by atoms with van der Waals surface area (Å²) < 4.78 is 39.1. The molecule has 2 atom stereocenters. The molecule has 3 N–H and O–H groups in total. The first kappa shape index (κ1) is 21.8. The predicted octanol–water partition coefficient (Wildman–Crippen LogP) is 3.92. The third-order valence-electron chi connectivity index (χ3n) is 5.52. The van der Waals surface area contributed by atoms with Crippen molar-refractivity contribution in [3.05, 3.63) is 70.8 Å². The topological polar surface area (TPSA) is 83.6 Å². The van der Waals surface area contributed by atoms with Gasteiger partial charge in [-0.1, -0.05) is 24.3 Å². The van der Waals surface area contributed by atoms with Crippen LogP contribution in [0.15, 0.2) is 48.5 Å². The first-order valence-corrected chi connectivity index (χ1v) is 9.55. The molecule has 2 aromatic rings. The van der Waals surface area contributed by atoms with Crippen molar-refractivity contribution in [3.8, 4) is 0 Å². The molecule has 1 fully saturated rings. The Balaban J connectivity index is 1.85. The van der Waals surface area contributed by atoms with Gasteiger partial charge in [0.15, 0.2) is 5.60 Å². The summed E-state index contributed by atoms with van der Waals surface area (Å²) in [5.41, 5.74) is 3.35. The van der Waals surface area contributed by atoms with Crippen molar-refractivity contribution < 1.29 is 27.9 Å². The molecule has 0 aliphatic heterocycles. The van der Waals surface area contributed by atoms with Gasteiger partial charge < -0.3 is 15.7 Å². The van der Waals surface area contributed by atoms with E-state index >= 15 is 0 Å². The second-order valence-electron chi connectivity index (χ2n) is 7.75. The molecule has 0 heterocycles. The van der Waals surface area contributed by atoms with Crippen molar-refractivity contribution in [2.75, 3.05) is 0 Å². The number of hydrogen-bond donors (Lipinski definition) is 2. The average molecular weight is 420 g/mol. The summed E-state index contributed by atoms with van der Waals surface area (Å²) in [6.45, 7) is 2.54. The summed E-state index contributed by atoms with van der Waals surface area (Å²) in [4.78, 5) is 26.1. The number of aliphatic hydroxyl groups is 1. The number of alkyl halides is 3. The molecular formula is C22H23F3N2O3. The highest BCUT2D eigenvalue weighted by Crippen LogP contribution is 2.39. The lowest BCUT2D eigenvalue weighted by Crippen LogP contribution is -2.39. The third kappa shape index (κ3) is 4.18. The smallest absolute Gasteiger partial charge is 0.376 e. The summed E-state index contributed by atoms with van der Waals surface area (Å²) in [5, 5.41) is 9.80. The summed E-state index contributed by atoms with van der Waals surface area (Å²) in [5.74, 6) is -0.846. The minimum atomic E-state index is -4.83. The number of rotatable bonds is 6. The van der Waals surface area contributed by atoms with Crippen LogP contribution in [0.5, 0.6) is 0 Å². The van der Waals surface area contributed by atoms with Crippen LogP contribution in [0.25, 0.3) is 0 Å². The van der Waals surface area contributed by atoms with Gasteiger partial charge in [0.05, 0.1) is 6.04 Å².